The van der Waals surface area contributed by atoms with Crippen LogP contribution in [0.15, 0.2) is 40.8 Å². The van der Waals surface area contributed by atoms with Crippen LogP contribution in [-0.4, -0.2) is 11.0 Å². The monoisotopic (exact) mass is 185 g/mol. The molecule has 0 fully saturated rings. The van der Waals surface area contributed by atoms with Crippen molar-refractivity contribution in [3.05, 3.63) is 36.2 Å². The summed E-state index contributed by atoms with van der Waals surface area (Å²) in [6.45, 7) is 0. The molecule has 1 aliphatic rings. The number of fused-ring (bicyclic) bond motifs is 3. The Labute approximate surface area is 78.7 Å². The molecule has 1 aromatic heterocycles. The predicted molar refractivity (Wildman–Crippen MR) is 46.5 cm³/mol. The minimum absolute atomic E-state index is 0.339. The SMILES string of the molecule is O=C1N=N[n+]2ncc3ccccc3c21. The number of rotatable bonds is 0. The summed E-state index contributed by atoms with van der Waals surface area (Å²) >= 11 is 0. The maximum Gasteiger partial charge on any atom is 0.453 e. The van der Waals surface area contributed by atoms with Crippen molar-refractivity contribution in [2.75, 3.05) is 0 Å². The Morgan fingerprint density at radius 3 is 3.00 bits per heavy atom. The van der Waals surface area contributed by atoms with Gasteiger partial charge in [-0.3, -0.25) is 0 Å². The van der Waals surface area contributed by atoms with Crippen LogP contribution in [0.3, 0.4) is 0 Å². The van der Waals surface area contributed by atoms with Crippen molar-refractivity contribution in [3.63, 3.8) is 0 Å². The quantitative estimate of drug-likeness (QED) is 0.572. The summed E-state index contributed by atoms with van der Waals surface area (Å²) in [5.41, 5.74) is 0.433. The van der Waals surface area contributed by atoms with Crippen molar-refractivity contribution < 1.29 is 9.59 Å². The normalized spacial score (nSPS) is 13.6. The maximum absolute atomic E-state index is 11.4. The zero-order valence-electron chi connectivity index (χ0n) is 7.08. The summed E-state index contributed by atoms with van der Waals surface area (Å²) in [5.74, 6) is -0.339. The van der Waals surface area contributed by atoms with E-state index in [4.69, 9.17) is 0 Å². The molecule has 14 heavy (non-hydrogen) atoms. The topological polar surface area (TPSA) is 58.6 Å². The molecule has 5 nitrogen and oxygen atoms in total. The first-order chi connectivity index (χ1) is 6.86. The van der Waals surface area contributed by atoms with Crippen LogP contribution in [-0.2, 0) is 0 Å². The van der Waals surface area contributed by atoms with E-state index in [0.29, 0.717) is 5.69 Å². The van der Waals surface area contributed by atoms with E-state index in [1.807, 2.05) is 24.3 Å². The fourth-order valence-corrected chi connectivity index (χ4v) is 1.51. The summed E-state index contributed by atoms with van der Waals surface area (Å²) in [4.78, 5) is 12.6. The first kappa shape index (κ1) is 7.25. The van der Waals surface area contributed by atoms with Crippen LogP contribution in [0.5, 0.6) is 0 Å². The number of amides is 1. The summed E-state index contributed by atoms with van der Waals surface area (Å²) in [7, 11) is 0. The van der Waals surface area contributed by atoms with Crippen LogP contribution < -0.4 is 4.79 Å². The van der Waals surface area contributed by atoms with Gasteiger partial charge in [-0.05, 0) is 6.07 Å². The van der Waals surface area contributed by atoms with Crippen LogP contribution in [0.25, 0.3) is 10.8 Å². The van der Waals surface area contributed by atoms with Crippen molar-refractivity contribution >= 4 is 16.7 Å². The summed E-state index contributed by atoms with van der Waals surface area (Å²) < 4.78 is 0. The third-order valence-electron chi connectivity index (χ3n) is 2.14. The third kappa shape index (κ3) is 0.806. The third-order valence-corrected chi connectivity index (χ3v) is 2.14. The molecule has 3 rings (SSSR count). The Morgan fingerprint density at radius 2 is 2.07 bits per heavy atom. The van der Waals surface area contributed by atoms with Crippen LogP contribution >= 0.6 is 0 Å². The lowest BCUT2D eigenvalue weighted by atomic mass is 10.1. The van der Waals surface area contributed by atoms with Gasteiger partial charge in [0.1, 0.15) is 5.11 Å². The van der Waals surface area contributed by atoms with E-state index in [-0.39, 0.29) is 5.91 Å². The number of carbonyl (C=O) groups is 1. The van der Waals surface area contributed by atoms with Gasteiger partial charge in [-0.25, -0.2) is 4.79 Å². The van der Waals surface area contributed by atoms with E-state index in [0.717, 1.165) is 10.8 Å². The molecule has 0 aliphatic carbocycles. The molecule has 1 aliphatic heterocycles. The van der Waals surface area contributed by atoms with Crippen molar-refractivity contribution in [1.29, 1.82) is 0 Å². The first-order valence-corrected chi connectivity index (χ1v) is 4.13. The van der Waals surface area contributed by atoms with Gasteiger partial charge in [-0.1, -0.05) is 23.3 Å². The fraction of sp³-hybridized carbons (Fsp3) is 0. The molecule has 66 valence electrons. The van der Waals surface area contributed by atoms with Gasteiger partial charge >= 0.3 is 5.91 Å². The van der Waals surface area contributed by atoms with Gasteiger partial charge in [0.15, 0.2) is 5.22 Å². The molecule has 0 saturated carbocycles. The lowest BCUT2D eigenvalue weighted by molar-refractivity contribution is -0.738. The number of aromatic nitrogens is 2. The largest absolute Gasteiger partial charge is 0.453 e. The second kappa shape index (κ2) is 2.41. The summed E-state index contributed by atoms with van der Waals surface area (Å²) in [6, 6.07) is 7.52. The van der Waals surface area contributed by atoms with Crippen molar-refractivity contribution in [2.45, 2.75) is 0 Å². The Hall–Kier alpha value is -2.17. The molecule has 0 radical (unpaired) electrons. The minimum Gasteiger partial charge on any atom is -0.229 e. The highest BCUT2D eigenvalue weighted by atomic mass is 16.2. The highest BCUT2D eigenvalue weighted by molar-refractivity contribution is 6.04. The first-order valence-electron chi connectivity index (χ1n) is 4.13. The molecule has 0 saturated heterocycles. The number of carbonyl (C=O) groups excluding carboxylic acids is 1. The molecule has 0 N–H and O–H groups in total. The van der Waals surface area contributed by atoms with E-state index in [9.17, 15) is 4.79 Å². The second-order valence-electron chi connectivity index (χ2n) is 2.96. The van der Waals surface area contributed by atoms with E-state index in [2.05, 4.69) is 15.4 Å². The standard InChI is InChI=1S/C9H5N4O/c14-9-8-7-4-2-1-3-6(7)5-10-13(8)12-11-9/h1-5H/q+1. The Bertz CT molecular complexity index is 576. The Balaban J connectivity index is 2.50. The molecular weight excluding hydrogens is 180 g/mol. The highest BCUT2D eigenvalue weighted by Crippen LogP contribution is 2.16. The maximum atomic E-state index is 11.4. The van der Waals surface area contributed by atoms with Gasteiger partial charge in [0.2, 0.25) is 0 Å². The van der Waals surface area contributed by atoms with Gasteiger partial charge in [-0.15, -0.1) is 0 Å². The van der Waals surface area contributed by atoms with Crippen LogP contribution in [0.2, 0.25) is 0 Å². The molecule has 0 atom stereocenters. The average molecular weight is 185 g/mol. The van der Waals surface area contributed by atoms with Crippen LogP contribution in [0.1, 0.15) is 10.5 Å². The molecular formula is C9H5N4O+. The number of benzene rings is 1. The van der Waals surface area contributed by atoms with Gasteiger partial charge in [0, 0.05) is 15.6 Å². The van der Waals surface area contributed by atoms with E-state index >= 15 is 0 Å². The zero-order chi connectivity index (χ0) is 9.54. The summed E-state index contributed by atoms with van der Waals surface area (Å²) in [6.07, 6.45) is 1.66. The predicted octanol–water partition coefficient (Wildman–Crippen LogP) is 0.891. The molecule has 2 heterocycles. The molecule has 1 aromatic carbocycles. The summed E-state index contributed by atoms with van der Waals surface area (Å²) in [5, 5.41) is 12.8. The number of hydrogen-bond donors (Lipinski definition) is 0. The highest BCUT2D eigenvalue weighted by Gasteiger charge is 2.31. The number of hydrogen-bond acceptors (Lipinski definition) is 3. The molecule has 1 amide bonds. The van der Waals surface area contributed by atoms with Gasteiger partial charge in [0.05, 0.1) is 6.20 Å². The van der Waals surface area contributed by atoms with Gasteiger partial charge < -0.3 is 0 Å². The Kier molecular flexibility index (Phi) is 1.25. The van der Waals surface area contributed by atoms with Crippen molar-refractivity contribution in [3.8, 4) is 0 Å². The molecule has 0 spiro atoms. The molecule has 0 unspecified atom stereocenters. The Morgan fingerprint density at radius 1 is 1.21 bits per heavy atom. The average Bonchev–Trinajstić information content (AvgIpc) is 2.61. The zero-order valence-corrected chi connectivity index (χ0v) is 7.08. The fourth-order valence-electron chi connectivity index (χ4n) is 1.51. The number of nitrogens with zero attached hydrogens (tertiary/aromatic N) is 4. The van der Waals surface area contributed by atoms with E-state index < -0.39 is 0 Å². The smallest absolute Gasteiger partial charge is 0.229 e. The molecule has 2 aromatic rings. The van der Waals surface area contributed by atoms with E-state index in [1.165, 1.54) is 4.79 Å². The van der Waals surface area contributed by atoms with E-state index in [1.54, 1.807) is 6.20 Å². The molecule has 5 heteroatoms. The van der Waals surface area contributed by atoms with Gasteiger partial charge in [0.25, 0.3) is 5.69 Å². The van der Waals surface area contributed by atoms with Crippen molar-refractivity contribution in [2.24, 2.45) is 10.3 Å². The van der Waals surface area contributed by atoms with Gasteiger partial charge in [-0.2, -0.15) is 0 Å². The molecule has 0 bridgehead atoms. The lowest BCUT2D eigenvalue weighted by Gasteiger charge is -1.94. The van der Waals surface area contributed by atoms with Crippen molar-refractivity contribution in [1.82, 2.24) is 5.10 Å². The van der Waals surface area contributed by atoms with Crippen LogP contribution in [0, 0.1) is 0 Å². The van der Waals surface area contributed by atoms with Crippen LogP contribution in [0.4, 0.5) is 0 Å². The lowest BCUT2D eigenvalue weighted by Crippen LogP contribution is -2.34. The minimum atomic E-state index is -0.339. The second-order valence-corrected chi connectivity index (χ2v) is 2.96.